The number of hydrogen-bond acceptors (Lipinski definition) is 2. The minimum Gasteiger partial charge on any atom is -0.318 e. The van der Waals surface area contributed by atoms with E-state index in [0.29, 0.717) is 6.54 Å². The van der Waals surface area contributed by atoms with E-state index in [2.05, 4.69) is 15.9 Å². The number of rotatable bonds is 3. The Bertz CT molecular complexity index is 266. The van der Waals surface area contributed by atoms with Crippen LogP contribution in [0.3, 0.4) is 0 Å². The zero-order valence-electron chi connectivity index (χ0n) is 8.71. The van der Waals surface area contributed by atoms with Gasteiger partial charge in [0.15, 0.2) is 0 Å². The van der Waals surface area contributed by atoms with Crippen molar-refractivity contribution in [3.05, 3.63) is 0 Å². The predicted molar refractivity (Wildman–Crippen MR) is 57.3 cm³/mol. The number of likely N-dealkylation sites (N-methyl/N-ethyl adjacent to an activating group) is 1. The van der Waals surface area contributed by atoms with Gasteiger partial charge in [0.05, 0.1) is 0 Å². The number of amides is 3. The van der Waals surface area contributed by atoms with Gasteiger partial charge < -0.3 is 4.90 Å². The molecule has 1 saturated heterocycles. The van der Waals surface area contributed by atoms with Gasteiger partial charge in [-0.15, -0.1) is 0 Å². The molecule has 0 aromatic rings. The van der Waals surface area contributed by atoms with Gasteiger partial charge in [-0.05, 0) is 5.41 Å². The first kappa shape index (κ1) is 11.5. The third kappa shape index (κ3) is 2.26. The van der Waals surface area contributed by atoms with Gasteiger partial charge in [-0.25, -0.2) is 4.79 Å². The SMILES string of the molecule is CN1CC(=O)N(CC(C)(C)CBr)C1=O. The molecule has 0 unspecified atom stereocenters. The summed E-state index contributed by atoms with van der Waals surface area (Å²) in [6.07, 6.45) is 0. The van der Waals surface area contributed by atoms with E-state index >= 15 is 0 Å². The second-order valence-electron chi connectivity index (χ2n) is 4.42. The van der Waals surface area contributed by atoms with Gasteiger partial charge in [0.1, 0.15) is 6.54 Å². The average molecular weight is 263 g/mol. The number of nitrogens with zero attached hydrogens (tertiary/aromatic N) is 2. The molecule has 0 aliphatic carbocycles. The molecule has 0 saturated carbocycles. The van der Waals surface area contributed by atoms with Gasteiger partial charge in [0.25, 0.3) is 0 Å². The summed E-state index contributed by atoms with van der Waals surface area (Å²) in [5.74, 6) is -0.105. The zero-order chi connectivity index (χ0) is 10.9. The standard InChI is InChI=1S/C9H15BrN2O2/c1-9(2,5-10)6-12-7(13)4-11(3)8(12)14/h4-6H2,1-3H3. The quantitative estimate of drug-likeness (QED) is 0.569. The third-order valence-corrected chi connectivity index (χ3v) is 3.70. The maximum Gasteiger partial charge on any atom is 0.326 e. The molecule has 1 fully saturated rings. The Morgan fingerprint density at radius 3 is 2.36 bits per heavy atom. The molecule has 3 amide bonds. The minimum absolute atomic E-state index is 0.0729. The summed E-state index contributed by atoms with van der Waals surface area (Å²) in [6, 6.07) is -0.191. The summed E-state index contributed by atoms with van der Waals surface area (Å²) < 4.78 is 0. The van der Waals surface area contributed by atoms with Crippen molar-refractivity contribution in [1.29, 1.82) is 0 Å². The maximum atomic E-state index is 11.5. The van der Waals surface area contributed by atoms with E-state index in [4.69, 9.17) is 0 Å². The van der Waals surface area contributed by atoms with Crippen LogP contribution in [0.4, 0.5) is 4.79 Å². The highest BCUT2D eigenvalue weighted by molar-refractivity contribution is 9.09. The molecule has 0 spiro atoms. The van der Waals surface area contributed by atoms with Gasteiger partial charge in [-0.3, -0.25) is 9.69 Å². The molecule has 0 aromatic heterocycles. The fourth-order valence-electron chi connectivity index (χ4n) is 1.29. The molecule has 0 N–H and O–H groups in total. The Hall–Kier alpha value is -0.580. The van der Waals surface area contributed by atoms with Crippen molar-refractivity contribution in [2.45, 2.75) is 13.8 Å². The van der Waals surface area contributed by atoms with Crippen LogP contribution in [-0.2, 0) is 4.79 Å². The molecule has 1 rings (SSSR count). The lowest BCUT2D eigenvalue weighted by Gasteiger charge is -2.26. The number of halogens is 1. The second kappa shape index (κ2) is 3.88. The number of carbonyl (C=O) groups excluding carboxylic acids is 2. The molecular weight excluding hydrogens is 248 g/mol. The van der Waals surface area contributed by atoms with Crippen LogP contribution < -0.4 is 0 Å². The van der Waals surface area contributed by atoms with Crippen molar-refractivity contribution in [2.75, 3.05) is 25.5 Å². The van der Waals surface area contributed by atoms with Crippen molar-refractivity contribution < 1.29 is 9.59 Å². The first-order valence-corrected chi connectivity index (χ1v) is 5.61. The fraction of sp³-hybridized carbons (Fsp3) is 0.778. The molecule has 0 atom stereocenters. The summed E-state index contributed by atoms with van der Waals surface area (Å²) in [5.41, 5.74) is -0.0729. The Kier molecular flexibility index (Phi) is 3.19. The Labute approximate surface area is 92.4 Å². The molecule has 1 heterocycles. The van der Waals surface area contributed by atoms with E-state index in [1.54, 1.807) is 7.05 Å². The highest BCUT2D eigenvalue weighted by Crippen LogP contribution is 2.22. The fourth-order valence-corrected chi connectivity index (χ4v) is 1.47. The van der Waals surface area contributed by atoms with Crippen LogP contribution in [-0.4, -0.2) is 47.2 Å². The molecule has 1 aliphatic rings. The monoisotopic (exact) mass is 262 g/mol. The number of hydrogen-bond donors (Lipinski definition) is 0. The summed E-state index contributed by atoms with van der Waals surface area (Å²) >= 11 is 3.37. The number of alkyl halides is 1. The summed E-state index contributed by atoms with van der Waals surface area (Å²) in [5, 5.41) is 0.765. The molecular formula is C9H15BrN2O2. The molecule has 4 nitrogen and oxygen atoms in total. The molecule has 80 valence electrons. The highest BCUT2D eigenvalue weighted by Gasteiger charge is 2.36. The average Bonchev–Trinajstić information content (AvgIpc) is 2.32. The van der Waals surface area contributed by atoms with Crippen LogP contribution in [0.15, 0.2) is 0 Å². The summed E-state index contributed by atoms with van der Waals surface area (Å²) in [7, 11) is 1.64. The van der Waals surface area contributed by atoms with E-state index in [0.717, 1.165) is 5.33 Å². The van der Waals surface area contributed by atoms with Crippen LogP contribution >= 0.6 is 15.9 Å². The smallest absolute Gasteiger partial charge is 0.318 e. The van der Waals surface area contributed by atoms with Gasteiger partial charge in [0, 0.05) is 18.9 Å². The number of urea groups is 1. The van der Waals surface area contributed by atoms with Crippen molar-refractivity contribution in [3.8, 4) is 0 Å². The molecule has 5 heteroatoms. The van der Waals surface area contributed by atoms with Crippen LogP contribution in [0.1, 0.15) is 13.8 Å². The Morgan fingerprint density at radius 1 is 1.43 bits per heavy atom. The Balaban J connectivity index is 2.70. The lowest BCUT2D eigenvalue weighted by molar-refractivity contribution is -0.126. The lowest BCUT2D eigenvalue weighted by atomic mass is 9.96. The van der Waals surface area contributed by atoms with Gasteiger partial charge in [-0.2, -0.15) is 0 Å². The van der Waals surface area contributed by atoms with E-state index in [9.17, 15) is 9.59 Å². The highest BCUT2D eigenvalue weighted by atomic mass is 79.9. The third-order valence-electron chi connectivity index (χ3n) is 2.18. The Morgan fingerprint density at radius 2 is 2.00 bits per heavy atom. The molecule has 0 bridgehead atoms. The number of carbonyl (C=O) groups is 2. The molecule has 0 aromatic carbocycles. The predicted octanol–water partition coefficient (Wildman–Crippen LogP) is 1.30. The van der Waals surface area contributed by atoms with Crippen LogP contribution in [0.25, 0.3) is 0 Å². The molecule has 14 heavy (non-hydrogen) atoms. The van der Waals surface area contributed by atoms with Crippen molar-refractivity contribution in [3.63, 3.8) is 0 Å². The van der Waals surface area contributed by atoms with Gasteiger partial charge in [0.2, 0.25) is 5.91 Å². The largest absolute Gasteiger partial charge is 0.326 e. The first-order valence-electron chi connectivity index (χ1n) is 4.49. The second-order valence-corrected chi connectivity index (χ2v) is 4.98. The van der Waals surface area contributed by atoms with Crippen molar-refractivity contribution >= 4 is 27.9 Å². The summed E-state index contributed by atoms with van der Waals surface area (Å²) in [6.45, 7) is 4.71. The zero-order valence-corrected chi connectivity index (χ0v) is 10.3. The topological polar surface area (TPSA) is 40.6 Å². The van der Waals surface area contributed by atoms with Crippen molar-refractivity contribution in [1.82, 2.24) is 9.80 Å². The van der Waals surface area contributed by atoms with E-state index < -0.39 is 0 Å². The summed E-state index contributed by atoms with van der Waals surface area (Å²) in [4.78, 5) is 25.7. The molecule has 0 radical (unpaired) electrons. The normalized spacial score (nSPS) is 18.3. The molecule has 1 aliphatic heterocycles. The van der Waals surface area contributed by atoms with Gasteiger partial charge >= 0.3 is 6.03 Å². The van der Waals surface area contributed by atoms with Gasteiger partial charge in [-0.1, -0.05) is 29.8 Å². The minimum atomic E-state index is -0.191. The van der Waals surface area contributed by atoms with Crippen LogP contribution in [0.5, 0.6) is 0 Å². The van der Waals surface area contributed by atoms with Crippen molar-refractivity contribution in [2.24, 2.45) is 5.41 Å². The van der Waals surface area contributed by atoms with E-state index in [-0.39, 0.29) is 23.9 Å². The first-order chi connectivity index (χ1) is 6.37. The number of imide groups is 1. The maximum absolute atomic E-state index is 11.5. The van der Waals surface area contributed by atoms with Crippen LogP contribution in [0.2, 0.25) is 0 Å². The lowest BCUT2D eigenvalue weighted by Crippen LogP contribution is -2.39. The van der Waals surface area contributed by atoms with E-state index in [1.807, 2.05) is 13.8 Å². The van der Waals surface area contributed by atoms with E-state index in [1.165, 1.54) is 9.80 Å². The van der Waals surface area contributed by atoms with Crippen LogP contribution in [0, 0.1) is 5.41 Å².